The Labute approximate surface area is 157 Å². The lowest BCUT2D eigenvalue weighted by Gasteiger charge is -2.18. The number of amides is 1. The molecule has 0 saturated heterocycles. The number of hydrogen-bond acceptors (Lipinski definition) is 3. The molecule has 134 valence electrons. The molecular weight excluding hydrogens is 382 g/mol. The van der Waals surface area contributed by atoms with E-state index in [1.165, 1.54) is 0 Å². The minimum Gasteiger partial charge on any atom is -0.497 e. The molecule has 1 amide bonds. The van der Waals surface area contributed by atoms with E-state index in [-0.39, 0.29) is 18.6 Å². The summed E-state index contributed by atoms with van der Waals surface area (Å²) in [5.41, 5.74) is 3.21. The second kappa shape index (κ2) is 8.90. The van der Waals surface area contributed by atoms with Crippen molar-refractivity contribution >= 4 is 21.8 Å². The van der Waals surface area contributed by atoms with Crippen LogP contribution in [-0.2, 0) is 4.79 Å². The zero-order valence-electron chi connectivity index (χ0n) is 15.1. The molecule has 4 nitrogen and oxygen atoms in total. The molecule has 5 heteroatoms. The van der Waals surface area contributed by atoms with Gasteiger partial charge in [0, 0.05) is 4.47 Å². The van der Waals surface area contributed by atoms with E-state index in [9.17, 15) is 4.79 Å². The van der Waals surface area contributed by atoms with E-state index in [1.54, 1.807) is 7.11 Å². The average Bonchev–Trinajstić information content (AvgIpc) is 2.62. The number of carbonyl (C=O) groups excluding carboxylic acids is 1. The normalized spacial score (nSPS) is 11.7. The number of halogens is 1. The van der Waals surface area contributed by atoms with E-state index in [0.717, 1.165) is 33.3 Å². The lowest BCUT2D eigenvalue weighted by Crippen LogP contribution is -2.32. The van der Waals surface area contributed by atoms with Gasteiger partial charge in [-0.05, 0) is 61.2 Å². The minimum atomic E-state index is -0.138. The van der Waals surface area contributed by atoms with Crippen molar-refractivity contribution in [2.24, 2.45) is 0 Å². The molecular formula is C20H24BrNO3. The van der Waals surface area contributed by atoms with Crippen molar-refractivity contribution in [3.05, 3.63) is 57.6 Å². The fourth-order valence-electron chi connectivity index (χ4n) is 2.63. The number of benzene rings is 2. The number of ether oxygens (including phenoxy) is 2. The van der Waals surface area contributed by atoms with Crippen molar-refractivity contribution in [3.8, 4) is 11.5 Å². The summed E-state index contributed by atoms with van der Waals surface area (Å²) < 4.78 is 11.9. The highest BCUT2D eigenvalue weighted by atomic mass is 79.9. The van der Waals surface area contributed by atoms with Crippen LogP contribution in [0.25, 0.3) is 0 Å². The van der Waals surface area contributed by atoms with Gasteiger partial charge in [0.1, 0.15) is 11.5 Å². The first kappa shape index (κ1) is 19.3. The van der Waals surface area contributed by atoms with Crippen molar-refractivity contribution in [3.63, 3.8) is 0 Å². The quantitative estimate of drug-likeness (QED) is 0.724. The lowest BCUT2D eigenvalue weighted by molar-refractivity contribution is -0.123. The van der Waals surface area contributed by atoms with E-state index in [1.807, 2.05) is 57.2 Å². The highest BCUT2D eigenvalue weighted by Gasteiger charge is 2.13. The van der Waals surface area contributed by atoms with Gasteiger partial charge in [0.2, 0.25) is 0 Å². The molecule has 0 aliphatic carbocycles. The number of hydrogen-bond donors (Lipinski definition) is 1. The van der Waals surface area contributed by atoms with E-state index >= 15 is 0 Å². The highest BCUT2D eigenvalue weighted by molar-refractivity contribution is 9.10. The van der Waals surface area contributed by atoms with Crippen molar-refractivity contribution in [1.29, 1.82) is 0 Å². The molecule has 25 heavy (non-hydrogen) atoms. The third-order valence-corrected chi connectivity index (χ3v) is 5.29. The summed E-state index contributed by atoms with van der Waals surface area (Å²) in [6.45, 7) is 6.03. The van der Waals surface area contributed by atoms with Crippen molar-refractivity contribution in [2.45, 2.75) is 33.2 Å². The van der Waals surface area contributed by atoms with Gasteiger partial charge in [0.15, 0.2) is 6.61 Å². The van der Waals surface area contributed by atoms with Crippen LogP contribution in [0.15, 0.2) is 40.9 Å². The fraction of sp³-hybridized carbons (Fsp3) is 0.350. The fourth-order valence-corrected chi connectivity index (χ4v) is 2.86. The molecule has 0 unspecified atom stereocenters. The predicted molar refractivity (Wildman–Crippen MR) is 103 cm³/mol. The number of nitrogens with one attached hydrogen (secondary N) is 1. The number of rotatable bonds is 7. The summed E-state index contributed by atoms with van der Waals surface area (Å²) in [6.07, 6.45) is 0.800. The molecule has 0 saturated carbocycles. The van der Waals surface area contributed by atoms with E-state index < -0.39 is 0 Å². The molecule has 0 heterocycles. The first-order valence-electron chi connectivity index (χ1n) is 8.27. The maximum absolute atomic E-state index is 12.2. The Morgan fingerprint density at radius 2 is 1.72 bits per heavy atom. The van der Waals surface area contributed by atoms with Crippen LogP contribution < -0.4 is 14.8 Å². The van der Waals surface area contributed by atoms with Gasteiger partial charge >= 0.3 is 0 Å². The van der Waals surface area contributed by atoms with E-state index in [0.29, 0.717) is 5.75 Å². The number of methoxy groups -OCH3 is 1. The molecule has 0 fully saturated rings. The molecule has 1 N–H and O–H groups in total. The monoisotopic (exact) mass is 405 g/mol. The topological polar surface area (TPSA) is 47.6 Å². The predicted octanol–water partition coefficient (Wildman–Crippen LogP) is 4.72. The Kier molecular flexibility index (Phi) is 6.88. The molecule has 0 bridgehead atoms. The maximum atomic E-state index is 12.2. The van der Waals surface area contributed by atoms with Crippen LogP contribution in [0.3, 0.4) is 0 Å². The summed E-state index contributed by atoms with van der Waals surface area (Å²) in [5, 5.41) is 3.02. The molecule has 0 aliphatic heterocycles. The van der Waals surface area contributed by atoms with Crippen LogP contribution in [0.1, 0.15) is 36.1 Å². The Bertz CT molecular complexity index is 705. The lowest BCUT2D eigenvalue weighted by atomic mass is 10.0. The first-order chi connectivity index (χ1) is 11.9. The molecule has 2 rings (SSSR count). The third-order valence-electron chi connectivity index (χ3n) is 4.04. The van der Waals surface area contributed by atoms with E-state index in [2.05, 4.69) is 21.2 Å². The first-order valence-corrected chi connectivity index (χ1v) is 9.06. The minimum absolute atomic E-state index is 0.00678. The van der Waals surface area contributed by atoms with Gasteiger partial charge in [-0.3, -0.25) is 4.79 Å². The standard InChI is InChI=1S/C20H24BrNO3/c1-5-18(15-6-8-16(24-4)9-7-15)22-19(23)12-25-17-10-13(2)20(21)14(3)11-17/h6-11,18H,5,12H2,1-4H3,(H,22,23)/t18-/m0/s1. The summed E-state index contributed by atoms with van der Waals surface area (Å²) in [4.78, 5) is 12.2. The molecule has 0 aliphatic rings. The highest BCUT2D eigenvalue weighted by Crippen LogP contribution is 2.26. The smallest absolute Gasteiger partial charge is 0.258 e. The van der Waals surface area contributed by atoms with Crippen LogP contribution in [0.5, 0.6) is 11.5 Å². The van der Waals surface area contributed by atoms with E-state index in [4.69, 9.17) is 9.47 Å². The Hall–Kier alpha value is -2.01. The second-order valence-electron chi connectivity index (χ2n) is 5.96. The molecule has 2 aromatic rings. The second-order valence-corrected chi connectivity index (χ2v) is 6.75. The van der Waals surface area contributed by atoms with Gasteiger partial charge in [-0.15, -0.1) is 0 Å². The van der Waals surface area contributed by atoms with Crippen molar-refractivity contribution in [1.82, 2.24) is 5.32 Å². The molecule has 2 aromatic carbocycles. The van der Waals surface area contributed by atoms with Crippen LogP contribution in [0.2, 0.25) is 0 Å². The van der Waals surface area contributed by atoms with Gasteiger partial charge in [-0.25, -0.2) is 0 Å². The zero-order chi connectivity index (χ0) is 18.4. The molecule has 0 radical (unpaired) electrons. The van der Waals surface area contributed by atoms with Gasteiger partial charge in [-0.1, -0.05) is 35.0 Å². The summed E-state index contributed by atoms with van der Waals surface area (Å²) in [7, 11) is 1.64. The van der Waals surface area contributed by atoms with Crippen molar-refractivity contribution in [2.75, 3.05) is 13.7 Å². The molecule has 0 aromatic heterocycles. The van der Waals surface area contributed by atoms with Gasteiger partial charge in [0.25, 0.3) is 5.91 Å². The van der Waals surface area contributed by atoms with Gasteiger partial charge < -0.3 is 14.8 Å². The van der Waals surface area contributed by atoms with Crippen molar-refractivity contribution < 1.29 is 14.3 Å². The Balaban J connectivity index is 1.95. The van der Waals surface area contributed by atoms with Crippen LogP contribution in [-0.4, -0.2) is 19.6 Å². The molecule has 1 atom stereocenters. The Morgan fingerprint density at radius 1 is 1.12 bits per heavy atom. The van der Waals surface area contributed by atoms with Gasteiger partial charge in [0.05, 0.1) is 13.2 Å². The van der Waals surface area contributed by atoms with Crippen LogP contribution in [0.4, 0.5) is 0 Å². The summed E-state index contributed by atoms with van der Waals surface area (Å²) in [5.74, 6) is 1.36. The zero-order valence-corrected chi connectivity index (χ0v) is 16.6. The van der Waals surface area contributed by atoms with Gasteiger partial charge in [-0.2, -0.15) is 0 Å². The maximum Gasteiger partial charge on any atom is 0.258 e. The largest absolute Gasteiger partial charge is 0.497 e. The SMILES string of the molecule is CC[C@H](NC(=O)COc1cc(C)c(Br)c(C)c1)c1ccc(OC)cc1. The van der Waals surface area contributed by atoms with Crippen LogP contribution >= 0.6 is 15.9 Å². The van der Waals surface area contributed by atoms with Crippen LogP contribution in [0, 0.1) is 13.8 Å². The average molecular weight is 406 g/mol. The summed E-state index contributed by atoms with van der Waals surface area (Å²) in [6, 6.07) is 11.5. The Morgan fingerprint density at radius 3 is 2.24 bits per heavy atom. The summed E-state index contributed by atoms with van der Waals surface area (Å²) >= 11 is 3.53. The third kappa shape index (κ3) is 5.23. The molecule has 0 spiro atoms. The number of aryl methyl sites for hydroxylation is 2. The number of carbonyl (C=O) groups is 1.